The van der Waals surface area contributed by atoms with E-state index in [0.29, 0.717) is 37.4 Å². The van der Waals surface area contributed by atoms with Crippen LogP contribution in [0.15, 0.2) is 141 Å². The molecule has 0 spiro atoms. The Balaban J connectivity index is 0.000000173. The second kappa shape index (κ2) is 23.6. The van der Waals surface area contributed by atoms with Crippen LogP contribution in [0.5, 0.6) is 34.5 Å². The van der Waals surface area contributed by atoms with Crippen LogP contribution in [0.2, 0.25) is 0 Å². The van der Waals surface area contributed by atoms with Crippen molar-refractivity contribution in [3.8, 4) is 34.5 Å². The topological polar surface area (TPSA) is 142 Å². The number of ether oxygens (including phenoxy) is 6. The average molecular weight is 1280 g/mol. The first kappa shape index (κ1) is 62.8. The fourth-order valence-corrected chi connectivity index (χ4v) is 16.1. The van der Waals surface area contributed by atoms with Gasteiger partial charge in [0, 0.05) is 138 Å². The third-order valence-electron chi connectivity index (χ3n) is 20.5. The van der Waals surface area contributed by atoms with Gasteiger partial charge in [-0.3, -0.25) is 9.59 Å². The van der Waals surface area contributed by atoms with Gasteiger partial charge in [0.1, 0.15) is 25.1 Å². The third-order valence-corrected chi connectivity index (χ3v) is 21.5. The van der Waals surface area contributed by atoms with Crippen LogP contribution in [0.4, 0.5) is 22.7 Å². The Labute approximate surface area is 550 Å². The van der Waals surface area contributed by atoms with Gasteiger partial charge in [0.15, 0.2) is 34.4 Å². The van der Waals surface area contributed by atoms with Crippen molar-refractivity contribution < 1.29 is 57.4 Å². The molecule has 2 N–H and O–H groups in total. The normalized spacial score (nSPS) is 23.6. The van der Waals surface area contributed by atoms with Gasteiger partial charge < -0.3 is 48.4 Å². The van der Waals surface area contributed by atoms with Gasteiger partial charge in [-0.2, -0.15) is 9.15 Å². The largest absolute Gasteiger partial charge is 0.493 e. The molecule has 4 aromatic rings. The van der Waals surface area contributed by atoms with E-state index >= 15 is 0 Å². The molecule has 0 aromatic heterocycles. The zero-order valence-corrected chi connectivity index (χ0v) is 56.5. The second-order valence-electron chi connectivity index (χ2n) is 27.9. The molecule has 8 heterocycles. The number of carboxylic acids is 2. The Morgan fingerprint density at radius 2 is 1.02 bits per heavy atom. The Morgan fingerprint density at radius 3 is 1.63 bits per heavy atom. The molecule has 4 aromatic carbocycles. The molecular weight excluding hydrogens is 1200 g/mol. The van der Waals surface area contributed by atoms with Gasteiger partial charge in [0.2, 0.25) is 24.0 Å². The molecule has 2 unspecified atom stereocenters. The number of likely N-dealkylation sites (N-methyl/N-ethyl adjacent to an activating group) is 1. The maximum atomic E-state index is 11.4. The summed E-state index contributed by atoms with van der Waals surface area (Å²) in [4.78, 5) is 27.4. The minimum Gasteiger partial charge on any atom is -0.493 e. The van der Waals surface area contributed by atoms with Gasteiger partial charge in [0.25, 0.3) is 0 Å². The highest BCUT2D eigenvalue weighted by atomic mass is 35.5. The summed E-state index contributed by atoms with van der Waals surface area (Å²) in [7, 11) is 4.35. The van der Waals surface area contributed by atoms with Crippen molar-refractivity contribution in [2.75, 3.05) is 50.2 Å². The molecule has 0 amide bonds. The quantitative estimate of drug-likeness (QED) is 0.116. The van der Waals surface area contributed by atoms with E-state index in [0.717, 1.165) is 130 Å². The standard InChI is InChI=1S/C41H45ClN2O8.C35H38ClN2O2/c1-23-49-31-19-27-29(21-33(31)51-23)43(17-7-9-37(45)46)35(40(27,3)4)15-13-25-11-12-26(39(25)42)14-16-36-41(5,6)28-20-32-34(52-24(2)50-32)22-30(28)44(36)18-8-10-38(47)48;1-34(2)25-19-29-23(13-15-39-29)17-27(25)37(5)31(34)11-9-21-7-8-22(33(21)36)10-12-32-35(3,4)26-20-30-24(14-16-40-30)18-28(26)38(32)6/h13-16,19-24H,7-12,17-18H2,1-6H3,(H-,45,46,47,48);9-12,17-20H,7-8,13-16H2,1-6H3/q;+1/p+1. The number of aliphatic carboxylic acids is 2. The van der Waals surface area contributed by atoms with Gasteiger partial charge in [-0.25, -0.2) is 0 Å². The molecule has 2 aliphatic carbocycles. The highest BCUT2D eigenvalue weighted by molar-refractivity contribution is 6.33. The maximum absolute atomic E-state index is 11.4. The molecule has 14 rings (SSSR count). The zero-order chi connectivity index (χ0) is 65.1. The van der Waals surface area contributed by atoms with Crippen molar-refractivity contribution in [3.05, 3.63) is 174 Å². The van der Waals surface area contributed by atoms with Crippen molar-refractivity contribution in [2.45, 2.75) is 168 Å². The smallest absolute Gasteiger partial charge is 0.303 e. The summed E-state index contributed by atoms with van der Waals surface area (Å²) in [5.74, 6) is 3.28. The van der Waals surface area contributed by atoms with Crippen molar-refractivity contribution >= 4 is 69.3 Å². The van der Waals surface area contributed by atoms with E-state index < -0.39 is 11.9 Å². The first-order valence-corrected chi connectivity index (χ1v) is 33.3. The van der Waals surface area contributed by atoms with Crippen LogP contribution in [0.1, 0.15) is 154 Å². The molecule has 0 bridgehead atoms. The van der Waals surface area contributed by atoms with E-state index in [1.165, 1.54) is 56.2 Å². The van der Waals surface area contributed by atoms with Crippen molar-refractivity contribution in [1.29, 1.82) is 0 Å². The number of nitrogens with zero attached hydrogens (tertiary/aromatic N) is 4. The highest BCUT2D eigenvalue weighted by Crippen LogP contribution is 2.55. The van der Waals surface area contributed by atoms with Crippen LogP contribution < -0.4 is 38.2 Å². The number of carboxylic acid groups (broad SMARTS) is 2. The van der Waals surface area contributed by atoms with Crippen LogP contribution >= 0.6 is 23.2 Å². The van der Waals surface area contributed by atoms with E-state index in [1.807, 2.05) is 26.0 Å². The fourth-order valence-electron chi connectivity index (χ4n) is 15.5. The summed E-state index contributed by atoms with van der Waals surface area (Å²) in [6, 6.07) is 17.3. The molecule has 10 aliphatic rings. The molecule has 0 saturated heterocycles. The summed E-state index contributed by atoms with van der Waals surface area (Å²) in [5, 5.41) is 20.3. The minimum atomic E-state index is -0.818. The first-order valence-electron chi connectivity index (χ1n) is 32.5. The van der Waals surface area contributed by atoms with Crippen LogP contribution in [0, 0.1) is 0 Å². The molecular formula is C76H84Cl2N4O10+2. The fraction of sp³-hybridized carbons (Fsp3) is 0.421. The van der Waals surface area contributed by atoms with Crippen LogP contribution in [-0.2, 0) is 44.1 Å². The Hall–Kier alpha value is -7.94. The highest BCUT2D eigenvalue weighted by Gasteiger charge is 2.48. The SMILES string of the molecule is CC1Oc2cc3c(cc2O1)C(C)(C)C(/C=C/C1=C(Cl)C(=C/C=C2\N(CCCC(=O)O)c4cc5c(cc4C2(C)C)OC(C)O5)CC1)=[N+]3CCCC(=O)O.CN1/C(=C\C=C2CCC(/C=C/C3=[N+](C)c4cc5c(cc4C3(C)C)OCC5)=C2Cl)C(C)(C)c2cc3c(cc21)CCO3. The lowest BCUT2D eigenvalue weighted by Crippen LogP contribution is -2.28. The van der Waals surface area contributed by atoms with E-state index in [-0.39, 0.29) is 47.1 Å². The number of benzene rings is 4. The Bertz CT molecular complexity index is 4180. The monoisotopic (exact) mass is 1280 g/mol. The number of allylic oxidation sites excluding steroid dienone is 16. The number of rotatable bonds is 14. The summed E-state index contributed by atoms with van der Waals surface area (Å²) >= 11 is 14.1. The third kappa shape index (κ3) is 10.9. The molecule has 0 saturated carbocycles. The lowest BCUT2D eigenvalue weighted by Gasteiger charge is -2.27. The summed E-state index contributed by atoms with van der Waals surface area (Å²) in [5.41, 5.74) is 20.2. The van der Waals surface area contributed by atoms with Crippen molar-refractivity contribution in [3.63, 3.8) is 0 Å². The molecule has 92 heavy (non-hydrogen) atoms. The second-order valence-corrected chi connectivity index (χ2v) is 28.7. The van der Waals surface area contributed by atoms with Crippen LogP contribution in [0.3, 0.4) is 0 Å². The number of carbonyl (C=O) groups is 2. The van der Waals surface area contributed by atoms with E-state index in [2.05, 4.69) is 173 Å². The number of fused-ring (bicyclic) bond motifs is 8. The average Bonchev–Trinajstić information content (AvgIpc) is 1.62. The maximum Gasteiger partial charge on any atom is 0.303 e. The number of anilines is 2. The Morgan fingerprint density at radius 1 is 0.543 bits per heavy atom. The lowest BCUT2D eigenvalue weighted by molar-refractivity contribution is -0.438. The van der Waals surface area contributed by atoms with E-state index in [9.17, 15) is 19.8 Å². The zero-order valence-electron chi connectivity index (χ0n) is 55.0. The first-order chi connectivity index (χ1) is 43.7. The predicted molar refractivity (Wildman–Crippen MR) is 363 cm³/mol. The summed E-state index contributed by atoms with van der Waals surface area (Å²) < 4.78 is 39.9. The molecule has 16 heteroatoms. The van der Waals surface area contributed by atoms with Crippen LogP contribution in [-0.4, -0.2) is 95.7 Å². The molecule has 2 atom stereocenters. The Kier molecular flexibility index (Phi) is 16.1. The minimum absolute atomic E-state index is 0.0768. The van der Waals surface area contributed by atoms with Gasteiger partial charge in [-0.1, -0.05) is 75.2 Å². The molecule has 0 radical (unpaired) electrons. The molecule has 0 fully saturated rings. The molecule has 8 aliphatic heterocycles. The lowest BCUT2D eigenvalue weighted by atomic mass is 9.81. The van der Waals surface area contributed by atoms with Gasteiger partial charge in [0.05, 0.1) is 36.5 Å². The number of hydrogen-bond donors (Lipinski definition) is 2. The van der Waals surface area contributed by atoms with E-state index in [1.54, 1.807) is 0 Å². The molecule has 480 valence electrons. The van der Waals surface area contributed by atoms with E-state index in [4.69, 9.17) is 51.6 Å². The summed E-state index contributed by atoms with van der Waals surface area (Å²) in [6.07, 6.45) is 23.4. The molecule has 14 nitrogen and oxygen atoms in total. The van der Waals surface area contributed by atoms with Gasteiger partial charge >= 0.3 is 11.9 Å². The number of hydrogen-bond acceptors (Lipinski definition) is 10. The van der Waals surface area contributed by atoms with Gasteiger partial charge in [-0.05, 0) is 141 Å². The van der Waals surface area contributed by atoms with Crippen molar-refractivity contribution in [1.82, 2.24) is 0 Å². The van der Waals surface area contributed by atoms with Crippen LogP contribution in [0.25, 0.3) is 0 Å². The predicted octanol–water partition coefficient (Wildman–Crippen LogP) is 16.1. The number of halogens is 2. The van der Waals surface area contributed by atoms with Gasteiger partial charge in [-0.15, -0.1) is 0 Å². The van der Waals surface area contributed by atoms with Crippen molar-refractivity contribution in [2.24, 2.45) is 0 Å². The summed E-state index contributed by atoms with van der Waals surface area (Å²) in [6.45, 7) is 24.3.